The van der Waals surface area contributed by atoms with Gasteiger partial charge in [-0.05, 0) is 12.1 Å². The van der Waals surface area contributed by atoms with Crippen molar-refractivity contribution >= 4 is 31.8 Å². The number of rotatable bonds is 3. The van der Waals surface area contributed by atoms with E-state index in [0.29, 0.717) is 0 Å². The first-order valence-corrected chi connectivity index (χ1v) is 7.27. The number of hydrogen-bond acceptors (Lipinski definition) is 5. The Morgan fingerprint density at radius 1 is 1.11 bits per heavy atom. The summed E-state index contributed by atoms with van der Waals surface area (Å²) in [6, 6.07) is 2.95. The fourth-order valence-electron chi connectivity index (χ4n) is 1.27. The second-order valence-corrected chi connectivity index (χ2v) is 6.01. The molecule has 0 unspecified atom stereocenters. The summed E-state index contributed by atoms with van der Waals surface area (Å²) in [7, 11) is -9.81. The van der Waals surface area contributed by atoms with E-state index in [2.05, 4.69) is 0 Å². The van der Waals surface area contributed by atoms with Crippen molar-refractivity contribution in [2.75, 3.05) is 5.32 Å². The van der Waals surface area contributed by atoms with Gasteiger partial charge in [0, 0.05) is 6.92 Å². The van der Waals surface area contributed by atoms with Crippen LogP contribution < -0.4 is 5.32 Å². The lowest BCUT2D eigenvalue weighted by atomic mass is 10.3. The van der Waals surface area contributed by atoms with Gasteiger partial charge in [-0.25, -0.2) is 0 Å². The van der Waals surface area contributed by atoms with Crippen LogP contribution in [0, 0.1) is 0 Å². The normalized spacial score (nSPS) is 12.2. The van der Waals surface area contributed by atoms with Crippen LogP contribution in [0.5, 0.6) is 0 Å². The first-order chi connectivity index (χ1) is 8.03. The van der Waals surface area contributed by atoms with Crippen LogP contribution in [-0.2, 0) is 25.0 Å². The Morgan fingerprint density at radius 2 is 1.67 bits per heavy atom. The lowest BCUT2D eigenvalue weighted by Gasteiger charge is -2.10. The van der Waals surface area contributed by atoms with Gasteiger partial charge < -0.3 is 5.32 Å². The van der Waals surface area contributed by atoms with E-state index in [1.807, 2.05) is 5.32 Å². The molecule has 0 fully saturated rings. The molecule has 18 heavy (non-hydrogen) atoms. The largest absolute Gasteiger partial charge is 0.325 e. The molecule has 1 amide bonds. The highest BCUT2D eigenvalue weighted by Gasteiger charge is 2.27. The average Bonchev–Trinajstić information content (AvgIpc) is 2.13. The molecular formula is C8H9NO7S2. The molecule has 0 heterocycles. The summed E-state index contributed by atoms with van der Waals surface area (Å²) in [4.78, 5) is 8.76. The molecule has 8 nitrogen and oxygen atoms in total. The second kappa shape index (κ2) is 4.65. The average molecular weight is 295 g/mol. The predicted octanol–water partition coefficient (Wildman–Crippen LogP) is 0.138. The SMILES string of the molecule is CC(=O)Nc1cccc(S(=O)(=O)O)c1S(=O)(=O)O. The zero-order valence-electron chi connectivity index (χ0n) is 8.98. The van der Waals surface area contributed by atoms with Crippen LogP contribution in [0.15, 0.2) is 28.0 Å². The standard InChI is InChI=1S/C8H9NO7S2/c1-5(10)9-6-3-2-4-7(17(11,12)13)8(6)18(14,15)16/h2-4H,1H3,(H,9,10)(H,11,12,13)(H,14,15,16). The molecule has 0 bridgehead atoms. The lowest BCUT2D eigenvalue weighted by molar-refractivity contribution is -0.114. The van der Waals surface area contributed by atoms with E-state index in [1.54, 1.807) is 0 Å². The molecule has 1 aromatic carbocycles. The summed E-state index contributed by atoms with van der Waals surface area (Å²) in [6.07, 6.45) is 0. The first-order valence-electron chi connectivity index (χ1n) is 4.39. The van der Waals surface area contributed by atoms with Crippen LogP contribution in [0.4, 0.5) is 5.69 Å². The van der Waals surface area contributed by atoms with E-state index >= 15 is 0 Å². The highest BCUT2D eigenvalue weighted by Crippen LogP contribution is 2.28. The first kappa shape index (κ1) is 14.6. The van der Waals surface area contributed by atoms with Crippen LogP contribution >= 0.6 is 0 Å². The Morgan fingerprint density at radius 3 is 2.06 bits per heavy atom. The van der Waals surface area contributed by atoms with Crippen molar-refractivity contribution in [1.29, 1.82) is 0 Å². The van der Waals surface area contributed by atoms with Crippen molar-refractivity contribution in [3.05, 3.63) is 18.2 Å². The molecule has 0 saturated carbocycles. The Kier molecular flexibility index (Phi) is 3.76. The number of amides is 1. The highest BCUT2D eigenvalue weighted by molar-refractivity contribution is 7.89. The molecule has 0 atom stereocenters. The van der Waals surface area contributed by atoms with Crippen molar-refractivity contribution in [3.8, 4) is 0 Å². The molecule has 0 aliphatic rings. The minimum Gasteiger partial charge on any atom is -0.325 e. The predicted molar refractivity (Wildman–Crippen MR) is 60.4 cm³/mol. The number of hydrogen-bond donors (Lipinski definition) is 3. The molecule has 0 aromatic heterocycles. The number of anilines is 1. The number of benzene rings is 1. The van der Waals surface area contributed by atoms with Crippen LogP contribution in [0.25, 0.3) is 0 Å². The van der Waals surface area contributed by atoms with E-state index in [1.165, 1.54) is 0 Å². The maximum absolute atomic E-state index is 11.1. The minimum atomic E-state index is -4.95. The molecular weight excluding hydrogens is 286 g/mol. The van der Waals surface area contributed by atoms with E-state index in [0.717, 1.165) is 25.1 Å². The van der Waals surface area contributed by atoms with Gasteiger partial charge in [-0.15, -0.1) is 0 Å². The van der Waals surface area contributed by atoms with Gasteiger partial charge in [0.05, 0.1) is 5.69 Å². The highest BCUT2D eigenvalue weighted by atomic mass is 32.2. The Balaban J connectivity index is 3.72. The topological polar surface area (TPSA) is 138 Å². The van der Waals surface area contributed by atoms with E-state index < -0.39 is 41.6 Å². The number of carbonyl (C=O) groups is 1. The summed E-state index contributed by atoms with van der Waals surface area (Å²) in [6.45, 7) is 1.06. The molecule has 1 aromatic rings. The summed E-state index contributed by atoms with van der Waals surface area (Å²) >= 11 is 0. The summed E-state index contributed by atoms with van der Waals surface area (Å²) in [5, 5.41) is 2.04. The maximum atomic E-state index is 11.1. The van der Waals surface area contributed by atoms with E-state index in [4.69, 9.17) is 9.11 Å². The van der Waals surface area contributed by atoms with Crippen LogP contribution in [0.1, 0.15) is 6.92 Å². The van der Waals surface area contributed by atoms with Gasteiger partial charge in [0.15, 0.2) is 0 Å². The smallest absolute Gasteiger partial charge is 0.298 e. The summed E-state index contributed by atoms with van der Waals surface area (Å²) in [5.74, 6) is -0.674. The number of carbonyl (C=O) groups excluding carboxylic acids is 1. The van der Waals surface area contributed by atoms with Crippen LogP contribution in [0.2, 0.25) is 0 Å². The van der Waals surface area contributed by atoms with Crippen LogP contribution in [0.3, 0.4) is 0 Å². The fraction of sp³-hybridized carbons (Fsp3) is 0.125. The van der Waals surface area contributed by atoms with Crippen molar-refractivity contribution < 1.29 is 30.7 Å². The van der Waals surface area contributed by atoms with Crippen molar-refractivity contribution in [1.82, 2.24) is 0 Å². The van der Waals surface area contributed by atoms with Gasteiger partial charge in [0.25, 0.3) is 20.2 Å². The van der Waals surface area contributed by atoms with Crippen molar-refractivity contribution in [3.63, 3.8) is 0 Å². The van der Waals surface area contributed by atoms with Gasteiger partial charge in [-0.2, -0.15) is 16.8 Å². The maximum Gasteiger partial charge on any atom is 0.298 e. The molecule has 10 heteroatoms. The van der Waals surface area contributed by atoms with Gasteiger partial charge >= 0.3 is 0 Å². The lowest BCUT2D eigenvalue weighted by Crippen LogP contribution is -2.14. The van der Waals surface area contributed by atoms with Gasteiger partial charge in [-0.3, -0.25) is 13.9 Å². The van der Waals surface area contributed by atoms with Crippen molar-refractivity contribution in [2.45, 2.75) is 16.7 Å². The fourth-order valence-corrected chi connectivity index (χ4v) is 3.22. The van der Waals surface area contributed by atoms with Crippen molar-refractivity contribution in [2.24, 2.45) is 0 Å². The third-order valence-electron chi connectivity index (χ3n) is 1.83. The number of nitrogens with one attached hydrogen (secondary N) is 1. The zero-order chi connectivity index (χ0) is 14.1. The Bertz CT molecular complexity index is 690. The quantitative estimate of drug-likeness (QED) is 0.674. The molecule has 0 saturated heterocycles. The molecule has 3 N–H and O–H groups in total. The van der Waals surface area contributed by atoms with Crippen LogP contribution in [-0.4, -0.2) is 31.8 Å². The van der Waals surface area contributed by atoms with E-state index in [9.17, 15) is 21.6 Å². The van der Waals surface area contributed by atoms with Gasteiger partial charge in [-0.1, -0.05) is 6.07 Å². The van der Waals surface area contributed by atoms with E-state index in [-0.39, 0.29) is 0 Å². The monoisotopic (exact) mass is 295 g/mol. The molecule has 0 aliphatic carbocycles. The third kappa shape index (κ3) is 3.26. The summed E-state index contributed by atoms with van der Waals surface area (Å²) in [5.41, 5.74) is -0.444. The molecule has 100 valence electrons. The van der Waals surface area contributed by atoms with Gasteiger partial charge in [0.1, 0.15) is 9.79 Å². The molecule has 1 rings (SSSR count). The molecule has 0 spiro atoms. The minimum absolute atomic E-state index is 0.444. The summed E-state index contributed by atoms with van der Waals surface area (Å²) < 4.78 is 62.1. The van der Waals surface area contributed by atoms with Gasteiger partial charge in [0.2, 0.25) is 5.91 Å². The molecule has 0 aliphatic heterocycles. The Labute approximate surface area is 103 Å². The zero-order valence-corrected chi connectivity index (χ0v) is 10.6. The Hall–Kier alpha value is -1.49. The second-order valence-electron chi connectivity index (χ2n) is 3.26. The third-order valence-corrected chi connectivity index (χ3v) is 3.81. The molecule has 0 radical (unpaired) electrons.